The molecule has 3 aromatic heterocycles. The van der Waals surface area contributed by atoms with Crippen LogP contribution >= 0.6 is 11.6 Å². The largest absolute Gasteiger partial charge is 0.378 e. The molecule has 2 N–H and O–H groups in total. The second kappa shape index (κ2) is 4.87. The third kappa shape index (κ3) is 2.25. The standard InChI is InChI=1S/C11H11ClN6O/c1-19-6-7-5-18-10(15-7)8(12)4-13-11(18)16-9-2-3-14-17-9/h2-5H,6H2,1H3,(H2,13,14,16,17). The summed E-state index contributed by atoms with van der Waals surface area (Å²) in [5, 5.41) is 10.3. The van der Waals surface area contributed by atoms with Crippen molar-refractivity contribution >= 4 is 29.0 Å². The number of imidazole rings is 1. The van der Waals surface area contributed by atoms with Crippen LogP contribution in [0, 0.1) is 0 Å². The second-order valence-electron chi connectivity index (χ2n) is 3.88. The first-order chi connectivity index (χ1) is 9.28. The Balaban J connectivity index is 2.06. The molecule has 0 spiro atoms. The summed E-state index contributed by atoms with van der Waals surface area (Å²) in [5.41, 5.74) is 1.41. The second-order valence-corrected chi connectivity index (χ2v) is 4.29. The number of fused-ring (bicyclic) bond motifs is 1. The van der Waals surface area contributed by atoms with Gasteiger partial charge in [0.1, 0.15) is 10.8 Å². The van der Waals surface area contributed by atoms with Crippen molar-refractivity contribution in [3.05, 3.63) is 35.4 Å². The predicted molar refractivity (Wildman–Crippen MR) is 70.6 cm³/mol. The molecular weight excluding hydrogens is 268 g/mol. The van der Waals surface area contributed by atoms with Gasteiger partial charge in [-0.1, -0.05) is 11.6 Å². The fourth-order valence-corrected chi connectivity index (χ4v) is 1.93. The Labute approximate surface area is 113 Å². The lowest BCUT2D eigenvalue weighted by Gasteiger charge is -2.05. The van der Waals surface area contributed by atoms with Crippen molar-refractivity contribution in [2.45, 2.75) is 6.61 Å². The van der Waals surface area contributed by atoms with Crippen LogP contribution in [0.3, 0.4) is 0 Å². The van der Waals surface area contributed by atoms with Gasteiger partial charge in [-0.25, -0.2) is 9.97 Å². The van der Waals surface area contributed by atoms with Crippen molar-refractivity contribution in [3.63, 3.8) is 0 Å². The van der Waals surface area contributed by atoms with E-state index in [1.54, 1.807) is 30.0 Å². The van der Waals surface area contributed by atoms with Crippen molar-refractivity contribution in [2.24, 2.45) is 0 Å². The van der Waals surface area contributed by atoms with Gasteiger partial charge in [0, 0.05) is 19.4 Å². The van der Waals surface area contributed by atoms with E-state index in [1.165, 1.54) is 0 Å². The number of rotatable bonds is 4. The number of hydrogen-bond acceptors (Lipinski definition) is 5. The molecule has 0 aliphatic heterocycles. The monoisotopic (exact) mass is 278 g/mol. The maximum atomic E-state index is 6.09. The van der Waals surface area contributed by atoms with Gasteiger partial charge >= 0.3 is 0 Å². The van der Waals surface area contributed by atoms with Crippen LogP contribution in [0.25, 0.3) is 5.65 Å². The Bertz CT molecular complexity index is 693. The topological polar surface area (TPSA) is 80.1 Å². The van der Waals surface area contributed by atoms with Crippen LogP contribution < -0.4 is 5.32 Å². The van der Waals surface area contributed by atoms with E-state index in [0.29, 0.717) is 23.2 Å². The molecule has 0 radical (unpaired) electrons. The summed E-state index contributed by atoms with van der Waals surface area (Å²) in [4.78, 5) is 8.64. The molecule has 8 heteroatoms. The van der Waals surface area contributed by atoms with Crippen molar-refractivity contribution in [3.8, 4) is 0 Å². The van der Waals surface area contributed by atoms with Crippen molar-refractivity contribution < 1.29 is 4.74 Å². The van der Waals surface area contributed by atoms with Gasteiger partial charge in [-0.3, -0.25) is 9.50 Å². The van der Waals surface area contributed by atoms with E-state index in [1.807, 2.05) is 6.20 Å². The number of hydrogen-bond donors (Lipinski definition) is 2. The average molecular weight is 279 g/mol. The predicted octanol–water partition coefficient (Wildman–Crippen LogP) is 2.00. The zero-order valence-electron chi connectivity index (χ0n) is 10.1. The third-order valence-electron chi connectivity index (χ3n) is 2.54. The van der Waals surface area contributed by atoms with Gasteiger partial charge in [-0.15, -0.1) is 0 Å². The Morgan fingerprint density at radius 1 is 1.53 bits per heavy atom. The molecule has 0 bridgehead atoms. The summed E-state index contributed by atoms with van der Waals surface area (Å²) in [6, 6.07) is 1.80. The first-order valence-electron chi connectivity index (χ1n) is 5.56. The molecule has 98 valence electrons. The molecule has 0 aromatic carbocycles. The van der Waals surface area contributed by atoms with Gasteiger partial charge in [0.2, 0.25) is 5.95 Å². The Morgan fingerprint density at radius 3 is 3.16 bits per heavy atom. The summed E-state index contributed by atoms with van der Waals surface area (Å²) < 4.78 is 6.84. The van der Waals surface area contributed by atoms with Gasteiger partial charge in [0.15, 0.2) is 5.65 Å². The Kier molecular flexibility index (Phi) is 3.06. The number of methoxy groups -OCH3 is 1. The van der Waals surface area contributed by atoms with E-state index in [4.69, 9.17) is 16.3 Å². The van der Waals surface area contributed by atoms with E-state index in [9.17, 15) is 0 Å². The number of nitrogens with one attached hydrogen (secondary N) is 2. The normalized spacial score (nSPS) is 11.1. The molecule has 3 rings (SSSR count). The molecule has 0 aliphatic rings. The molecule has 7 nitrogen and oxygen atoms in total. The van der Waals surface area contributed by atoms with Crippen LogP contribution in [0.4, 0.5) is 11.8 Å². The molecule has 0 fully saturated rings. The quantitative estimate of drug-likeness (QED) is 0.763. The zero-order chi connectivity index (χ0) is 13.2. The minimum Gasteiger partial charge on any atom is -0.378 e. The number of ether oxygens (including phenoxy) is 1. The molecule has 0 unspecified atom stereocenters. The van der Waals surface area contributed by atoms with Crippen LogP contribution in [0.1, 0.15) is 5.69 Å². The smallest absolute Gasteiger partial charge is 0.214 e. The molecule has 0 amide bonds. The van der Waals surface area contributed by atoms with Crippen molar-refractivity contribution in [1.29, 1.82) is 0 Å². The molecule has 3 heterocycles. The molecule has 0 saturated carbocycles. The number of halogens is 1. The number of aromatic nitrogens is 5. The van der Waals surface area contributed by atoms with Gasteiger partial charge in [-0.05, 0) is 0 Å². The lowest BCUT2D eigenvalue weighted by atomic mass is 10.5. The highest BCUT2D eigenvalue weighted by molar-refractivity contribution is 6.33. The van der Waals surface area contributed by atoms with Crippen LogP contribution in [0.2, 0.25) is 5.02 Å². The van der Waals surface area contributed by atoms with Crippen LogP contribution in [-0.4, -0.2) is 31.7 Å². The Hall–Kier alpha value is -2.12. The summed E-state index contributed by atoms with van der Waals surface area (Å²) in [6.45, 7) is 0.418. The van der Waals surface area contributed by atoms with E-state index < -0.39 is 0 Å². The summed E-state index contributed by atoms with van der Waals surface area (Å²) in [6.07, 6.45) is 5.04. The molecule has 0 aliphatic carbocycles. The number of H-pyrrole nitrogens is 1. The van der Waals surface area contributed by atoms with Gasteiger partial charge in [-0.2, -0.15) is 5.10 Å². The summed E-state index contributed by atoms with van der Waals surface area (Å²) in [7, 11) is 1.62. The lowest BCUT2D eigenvalue weighted by Crippen LogP contribution is -2.01. The van der Waals surface area contributed by atoms with Crippen LogP contribution in [-0.2, 0) is 11.3 Å². The van der Waals surface area contributed by atoms with Gasteiger partial charge in [0.25, 0.3) is 0 Å². The van der Waals surface area contributed by atoms with Crippen molar-refractivity contribution in [2.75, 3.05) is 12.4 Å². The first-order valence-corrected chi connectivity index (χ1v) is 5.93. The summed E-state index contributed by atoms with van der Waals surface area (Å²) in [5.74, 6) is 1.33. The van der Waals surface area contributed by atoms with Gasteiger partial charge in [0.05, 0.1) is 24.7 Å². The van der Waals surface area contributed by atoms with E-state index in [2.05, 4.69) is 25.5 Å². The molecule has 0 saturated heterocycles. The minimum atomic E-state index is 0.418. The highest BCUT2D eigenvalue weighted by Crippen LogP contribution is 2.21. The molecule has 19 heavy (non-hydrogen) atoms. The third-order valence-corrected chi connectivity index (χ3v) is 2.80. The number of nitrogens with zero attached hydrogens (tertiary/aromatic N) is 4. The SMILES string of the molecule is COCc1cn2c(Nc3ccn[nH]3)ncc(Cl)c2n1. The maximum Gasteiger partial charge on any atom is 0.214 e. The maximum absolute atomic E-state index is 6.09. The fourth-order valence-electron chi connectivity index (χ4n) is 1.75. The molecular formula is C11H11ClN6O. The average Bonchev–Trinajstić information content (AvgIpc) is 3.02. The van der Waals surface area contributed by atoms with Crippen molar-refractivity contribution in [1.82, 2.24) is 24.6 Å². The number of anilines is 2. The minimum absolute atomic E-state index is 0.418. The Morgan fingerprint density at radius 2 is 2.42 bits per heavy atom. The van der Waals surface area contributed by atoms with Crippen LogP contribution in [0.5, 0.6) is 0 Å². The van der Waals surface area contributed by atoms with E-state index >= 15 is 0 Å². The van der Waals surface area contributed by atoms with Crippen LogP contribution in [0.15, 0.2) is 24.7 Å². The fraction of sp³-hybridized carbons (Fsp3) is 0.182. The first kappa shape index (κ1) is 11.9. The lowest BCUT2D eigenvalue weighted by molar-refractivity contribution is 0.182. The summed E-state index contributed by atoms with van der Waals surface area (Å²) >= 11 is 6.09. The van der Waals surface area contributed by atoms with Gasteiger partial charge < -0.3 is 10.1 Å². The zero-order valence-corrected chi connectivity index (χ0v) is 10.8. The highest BCUT2D eigenvalue weighted by Gasteiger charge is 2.10. The number of aromatic amines is 1. The highest BCUT2D eigenvalue weighted by atomic mass is 35.5. The van der Waals surface area contributed by atoms with E-state index in [0.717, 1.165) is 11.5 Å². The molecule has 0 atom stereocenters. The van der Waals surface area contributed by atoms with E-state index in [-0.39, 0.29) is 0 Å². The molecule has 3 aromatic rings.